The van der Waals surface area contributed by atoms with Gasteiger partial charge in [-0.1, -0.05) is 44.5 Å². The van der Waals surface area contributed by atoms with Crippen molar-refractivity contribution in [1.29, 1.82) is 0 Å². The van der Waals surface area contributed by atoms with Gasteiger partial charge in [0.15, 0.2) is 0 Å². The van der Waals surface area contributed by atoms with E-state index in [9.17, 15) is 8.78 Å². The van der Waals surface area contributed by atoms with E-state index in [2.05, 4.69) is 17.7 Å². The summed E-state index contributed by atoms with van der Waals surface area (Å²) in [5, 5.41) is 3.34. The van der Waals surface area contributed by atoms with Crippen LogP contribution in [0.2, 0.25) is 5.02 Å². The summed E-state index contributed by atoms with van der Waals surface area (Å²) >= 11 is 8.25. The van der Waals surface area contributed by atoms with E-state index in [1.807, 2.05) is 54.9 Å². The number of benzene rings is 1. The summed E-state index contributed by atoms with van der Waals surface area (Å²) in [5.74, 6) is 2.35. The van der Waals surface area contributed by atoms with Gasteiger partial charge < -0.3 is 10.2 Å². The molecule has 2 aliphatic heterocycles. The normalized spacial score (nSPS) is 18.1. The fourth-order valence-electron chi connectivity index (χ4n) is 3.12. The number of hydrogen-bond acceptors (Lipinski definition) is 5. The summed E-state index contributed by atoms with van der Waals surface area (Å²) in [6.07, 6.45) is 12.6. The van der Waals surface area contributed by atoms with Crippen molar-refractivity contribution in [3.05, 3.63) is 76.9 Å². The van der Waals surface area contributed by atoms with Crippen molar-refractivity contribution in [3.63, 3.8) is 0 Å². The van der Waals surface area contributed by atoms with Crippen LogP contribution in [-0.4, -0.2) is 22.5 Å². The summed E-state index contributed by atoms with van der Waals surface area (Å²) in [6, 6.07) is 2.82. The van der Waals surface area contributed by atoms with E-state index in [-0.39, 0.29) is 23.4 Å². The zero-order valence-corrected chi connectivity index (χ0v) is 20.4. The van der Waals surface area contributed by atoms with E-state index in [0.717, 1.165) is 36.6 Å². The number of halogens is 3. The highest BCUT2D eigenvalue weighted by atomic mass is 35.5. The first kappa shape index (κ1) is 26.3. The van der Waals surface area contributed by atoms with Crippen LogP contribution in [0.1, 0.15) is 51.2 Å². The molecule has 32 heavy (non-hydrogen) atoms. The van der Waals surface area contributed by atoms with Crippen LogP contribution in [0.15, 0.2) is 54.9 Å². The maximum atomic E-state index is 14.9. The minimum absolute atomic E-state index is 0.0159. The molecular formula is C24H32ClF2N3OS. The average Bonchev–Trinajstić information content (AvgIpc) is 3.26. The van der Waals surface area contributed by atoms with Crippen molar-refractivity contribution >= 4 is 29.1 Å². The van der Waals surface area contributed by atoms with Crippen LogP contribution >= 0.6 is 23.4 Å². The fraction of sp³-hybridized carbons (Fsp3) is 0.417. The van der Waals surface area contributed by atoms with Crippen molar-refractivity contribution in [2.24, 2.45) is 0 Å². The van der Waals surface area contributed by atoms with Gasteiger partial charge in [-0.15, -0.1) is 0 Å². The van der Waals surface area contributed by atoms with Gasteiger partial charge in [0, 0.05) is 28.5 Å². The molecule has 1 saturated heterocycles. The van der Waals surface area contributed by atoms with Crippen LogP contribution < -0.4 is 10.8 Å². The number of rotatable bonds is 8. The molecular weight excluding hydrogens is 452 g/mol. The molecule has 1 fully saturated rings. The Kier molecular flexibility index (Phi) is 11.7. The third-order valence-electron chi connectivity index (χ3n) is 4.81. The molecule has 2 aliphatic rings. The number of nitrogens with zero attached hydrogens (tertiary/aromatic N) is 1. The predicted molar refractivity (Wildman–Crippen MR) is 132 cm³/mol. The summed E-state index contributed by atoms with van der Waals surface area (Å²) in [4.78, 5) is 7.45. The lowest BCUT2D eigenvalue weighted by molar-refractivity contribution is 0.000311. The summed E-state index contributed by atoms with van der Waals surface area (Å²) < 4.78 is 28.4. The highest BCUT2D eigenvalue weighted by Gasteiger charge is 2.19. The van der Waals surface area contributed by atoms with Crippen LogP contribution in [0.25, 0.3) is 5.70 Å². The van der Waals surface area contributed by atoms with Crippen LogP contribution in [0.3, 0.4) is 0 Å². The van der Waals surface area contributed by atoms with Crippen LogP contribution in [0.4, 0.5) is 8.78 Å². The zero-order chi connectivity index (χ0) is 23.3. The minimum Gasteiger partial charge on any atom is -0.347 e. The molecule has 1 aromatic carbocycles. The van der Waals surface area contributed by atoms with Gasteiger partial charge in [-0.25, -0.2) is 8.78 Å². The molecule has 0 radical (unpaired) electrons. The molecule has 0 aromatic heterocycles. The van der Waals surface area contributed by atoms with Crippen molar-refractivity contribution < 1.29 is 13.6 Å². The molecule has 176 valence electrons. The number of thioether (sulfide) groups is 1. The smallest absolute Gasteiger partial charge is 0.130 e. The van der Waals surface area contributed by atoms with Gasteiger partial charge in [0.25, 0.3) is 0 Å². The molecule has 0 atom stereocenters. The lowest BCUT2D eigenvalue weighted by Gasteiger charge is -2.23. The van der Waals surface area contributed by atoms with Gasteiger partial charge in [0.05, 0.1) is 18.3 Å². The van der Waals surface area contributed by atoms with E-state index in [0.29, 0.717) is 17.5 Å². The molecule has 2 N–H and O–H groups in total. The summed E-state index contributed by atoms with van der Waals surface area (Å²) in [7, 11) is 0. The Hall–Kier alpha value is -1.96. The maximum Gasteiger partial charge on any atom is 0.130 e. The second-order valence-electron chi connectivity index (χ2n) is 6.95. The molecule has 8 heteroatoms. The highest BCUT2D eigenvalue weighted by Crippen LogP contribution is 2.28. The Bertz CT molecular complexity index is 829. The van der Waals surface area contributed by atoms with Gasteiger partial charge in [-0.05, 0) is 49.0 Å². The third-order valence-corrected chi connectivity index (χ3v) is 6.20. The lowest BCUT2D eigenvalue weighted by Crippen LogP contribution is -2.26. The van der Waals surface area contributed by atoms with Crippen molar-refractivity contribution in [2.75, 3.05) is 11.5 Å². The van der Waals surface area contributed by atoms with Crippen LogP contribution in [0, 0.1) is 5.82 Å². The van der Waals surface area contributed by atoms with E-state index in [1.54, 1.807) is 12.3 Å². The van der Waals surface area contributed by atoms with Gasteiger partial charge >= 0.3 is 0 Å². The molecule has 0 bridgehead atoms. The van der Waals surface area contributed by atoms with Gasteiger partial charge in [-0.2, -0.15) is 11.8 Å². The molecule has 0 spiro atoms. The third kappa shape index (κ3) is 7.57. The van der Waals surface area contributed by atoms with E-state index in [4.69, 9.17) is 16.4 Å². The van der Waals surface area contributed by atoms with Gasteiger partial charge in [0.2, 0.25) is 0 Å². The Morgan fingerprint density at radius 1 is 1.34 bits per heavy atom. The molecule has 0 amide bonds. The number of nitrogens with one attached hydrogen (secondary N) is 2. The van der Waals surface area contributed by atoms with E-state index < -0.39 is 5.82 Å². The highest BCUT2D eigenvalue weighted by molar-refractivity contribution is 7.99. The minimum atomic E-state index is -0.503. The summed E-state index contributed by atoms with van der Waals surface area (Å²) in [6.45, 7) is 6.30. The van der Waals surface area contributed by atoms with Crippen molar-refractivity contribution in [3.8, 4) is 0 Å². The lowest BCUT2D eigenvalue weighted by atomic mass is 10.1. The monoisotopic (exact) mass is 483 g/mol. The van der Waals surface area contributed by atoms with Crippen molar-refractivity contribution in [1.82, 2.24) is 15.7 Å². The van der Waals surface area contributed by atoms with E-state index in [1.165, 1.54) is 6.07 Å². The van der Waals surface area contributed by atoms with Crippen molar-refractivity contribution in [2.45, 2.75) is 52.7 Å². The standard InChI is InChI=1S/C22H26ClF2N3OS.C2H6/c1-2-3-4-5-22-26-8-9-28(22)15-18-19(23)12-16(13-20(18)25)21(14-24)27-29-17-6-10-30-11-7-17;1-2/h3-5,8-9,12-14,17,26-27H,2,6-7,10-11,15H2,1H3;1-2H3/b4-3+,21-14-,22-5+;. The van der Waals surface area contributed by atoms with Gasteiger partial charge in [0.1, 0.15) is 18.0 Å². The number of hydrogen-bond donors (Lipinski definition) is 2. The fourth-order valence-corrected chi connectivity index (χ4v) is 4.45. The molecule has 1 aromatic rings. The zero-order valence-electron chi connectivity index (χ0n) is 18.8. The van der Waals surface area contributed by atoms with Gasteiger partial charge in [-0.3, -0.25) is 10.3 Å². The first-order valence-corrected chi connectivity index (χ1v) is 12.5. The number of allylic oxidation sites excluding steroid dienone is 3. The topological polar surface area (TPSA) is 36.5 Å². The molecule has 3 rings (SSSR count). The molecule has 0 unspecified atom stereocenters. The quantitative estimate of drug-likeness (QED) is 0.394. The second kappa shape index (κ2) is 14.2. The molecule has 2 heterocycles. The Morgan fingerprint density at radius 2 is 2.09 bits per heavy atom. The van der Waals surface area contributed by atoms with Crippen LogP contribution in [0.5, 0.6) is 0 Å². The second-order valence-corrected chi connectivity index (χ2v) is 8.58. The predicted octanol–water partition coefficient (Wildman–Crippen LogP) is 6.87. The Balaban J connectivity index is 0.00000176. The SMILES string of the molecule is CC.CC/C=C/C=C1\NC=CN1Cc1c(F)cc(/C(=C/F)NOC2CCSCC2)cc1Cl. The Labute approximate surface area is 199 Å². The largest absolute Gasteiger partial charge is 0.347 e. The Morgan fingerprint density at radius 3 is 2.75 bits per heavy atom. The molecule has 0 saturated carbocycles. The summed E-state index contributed by atoms with van der Waals surface area (Å²) in [5.41, 5.74) is 3.32. The average molecular weight is 484 g/mol. The molecule has 0 aliphatic carbocycles. The van der Waals surface area contributed by atoms with E-state index >= 15 is 0 Å². The number of hydroxylamine groups is 1. The first-order valence-electron chi connectivity index (χ1n) is 11.0. The first-order chi connectivity index (χ1) is 15.6. The van der Waals surface area contributed by atoms with Crippen LogP contribution in [-0.2, 0) is 11.4 Å². The maximum absolute atomic E-state index is 14.9. The molecule has 4 nitrogen and oxygen atoms in total.